The Hall–Kier alpha value is -0.240. The third-order valence-corrected chi connectivity index (χ3v) is 9.32. The highest BCUT2D eigenvalue weighted by Crippen LogP contribution is 2.53. The highest BCUT2D eigenvalue weighted by Gasteiger charge is 2.71. The number of ether oxygens (including phenoxy) is 5. The standard InChI is InChI=1S/C34H65NO5/c1-6-8-10-12-13-14-15-16-18-22-27-36-29-34-31(39-32(4,5)40-34)33(30(3)38-34,23-19-17-11-9-7-2)37-28-26-35-24-20-21-25-35/h30-31H,6-29H2,1-5H3/t30-,31-,33?,34-/m0/s1. The normalized spacial score (nSPS) is 29.9. The molecule has 0 saturated carbocycles. The van der Waals surface area contributed by atoms with Gasteiger partial charge in [0.25, 0.3) is 0 Å². The number of likely N-dealkylation sites (tertiary alicyclic amines) is 1. The molecule has 236 valence electrons. The van der Waals surface area contributed by atoms with E-state index in [-0.39, 0.29) is 12.2 Å². The molecule has 0 N–H and O–H groups in total. The number of nitrogens with zero attached hydrogens (tertiary/aromatic N) is 1. The van der Waals surface area contributed by atoms with E-state index in [9.17, 15) is 0 Å². The Morgan fingerprint density at radius 1 is 0.725 bits per heavy atom. The Kier molecular flexibility index (Phi) is 15.2. The fourth-order valence-electron chi connectivity index (χ4n) is 7.06. The van der Waals surface area contributed by atoms with Crippen LogP contribution < -0.4 is 0 Å². The van der Waals surface area contributed by atoms with Crippen molar-refractivity contribution in [3.63, 3.8) is 0 Å². The number of hydrogen-bond acceptors (Lipinski definition) is 6. The van der Waals surface area contributed by atoms with E-state index in [4.69, 9.17) is 23.7 Å². The summed E-state index contributed by atoms with van der Waals surface area (Å²) in [6.07, 6.45) is 22.5. The van der Waals surface area contributed by atoms with Crippen molar-refractivity contribution in [3.05, 3.63) is 0 Å². The van der Waals surface area contributed by atoms with Crippen molar-refractivity contribution >= 4 is 0 Å². The van der Waals surface area contributed by atoms with E-state index < -0.39 is 17.2 Å². The molecule has 40 heavy (non-hydrogen) atoms. The van der Waals surface area contributed by atoms with Gasteiger partial charge >= 0.3 is 0 Å². The molecule has 3 rings (SSSR count). The van der Waals surface area contributed by atoms with Crippen molar-refractivity contribution in [3.8, 4) is 0 Å². The fourth-order valence-corrected chi connectivity index (χ4v) is 7.06. The maximum absolute atomic E-state index is 6.89. The van der Waals surface area contributed by atoms with Gasteiger partial charge in [0.2, 0.25) is 5.79 Å². The van der Waals surface area contributed by atoms with Crippen molar-refractivity contribution in [1.29, 1.82) is 0 Å². The average molecular weight is 568 g/mol. The van der Waals surface area contributed by atoms with E-state index in [1.807, 2.05) is 13.8 Å². The van der Waals surface area contributed by atoms with E-state index in [0.29, 0.717) is 13.2 Å². The molecule has 0 spiro atoms. The minimum atomic E-state index is -0.904. The highest BCUT2D eigenvalue weighted by atomic mass is 16.9. The number of hydrogen-bond donors (Lipinski definition) is 0. The van der Waals surface area contributed by atoms with Crippen molar-refractivity contribution in [1.82, 2.24) is 4.90 Å². The predicted molar refractivity (Wildman–Crippen MR) is 164 cm³/mol. The van der Waals surface area contributed by atoms with Crippen LogP contribution in [0, 0.1) is 0 Å². The largest absolute Gasteiger partial charge is 0.376 e. The molecule has 0 radical (unpaired) electrons. The average Bonchev–Trinajstić information content (AvgIpc) is 3.58. The van der Waals surface area contributed by atoms with Crippen LogP contribution >= 0.6 is 0 Å². The van der Waals surface area contributed by atoms with Crippen LogP contribution in [-0.4, -0.2) is 73.7 Å². The lowest BCUT2D eigenvalue weighted by Crippen LogP contribution is -2.54. The third-order valence-electron chi connectivity index (χ3n) is 9.32. The van der Waals surface area contributed by atoms with Gasteiger partial charge in [0.15, 0.2) is 5.79 Å². The summed E-state index contributed by atoms with van der Waals surface area (Å²) >= 11 is 0. The molecule has 3 aliphatic heterocycles. The van der Waals surface area contributed by atoms with E-state index in [1.165, 1.54) is 109 Å². The van der Waals surface area contributed by atoms with Gasteiger partial charge in [-0.25, -0.2) is 0 Å². The minimum absolute atomic E-state index is 0.112. The first-order valence-corrected chi connectivity index (χ1v) is 17.4. The quantitative estimate of drug-likeness (QED) is 0.116. The summed E-state index contributed by atoms with van der Waals surface area (Å²) in [6.45, 7) is 15.9. The molecule has 6 nitrogen and oxygen atoms in total. The third kappa shape index (κ3) is 10.2. The lowest BCUT2D eigenvalue weighted by atomic mass is 9.84. The van der Waals surface area contributed by atoms with Gasteiger partial charge in [0.1, 0.15) is 18.3 Å². The van der Waals surface area contributed by atoms with E-state index in [0.717, 1.165) is 32.4 Å². The van der Waals surface area contributed by atoms with Crippen LogP contribution in [0.15, 0.2) is 0 Å². The first kappa shape index (κ1) is 34.3. The van der Waals surface area contributed by atoms with Gasteiger partial charge in [0, 0.05) is 13.2 Å². The molecule has 0 bridgehead atoms. The summed E-state index contributed by atoms with van der Waals surface area (Å²) in [5.74, 6) is -1.63. The van der Waals surface area contributed by atoms with Gasteiger partial charge < -0.3 is 28.6 Å². The molecule has 4 atom stereocenters. The zero-order chi connectivity index (χ0) is 28.7. The SMILES string of the molecule is CCCCCCCCCCCCOC[C@@]12O[C@@H](C)C(CCCCCCC)(OCCN3CCCC3)[C@@H]1OC(C)(C)O2. The summed E-state index contributed by atoms with van der Waals surface area (Å²) in [6, 6.07) is 0. The van der Waals surface area contributed by atoms with Crippen LogP contribution in [0.1, 0.15) is 150 Å². The van der Waals surface area contributed by atoms with Crippen LogP contribution in [0.5, 0.6) is 0 Å². The molecule has 1 unspecified atom stereocenters. The van der Waals surface area contributed by atoms with E-state index in [1.54, 1.807) is 0 Å². The van der Waals surface area contributed by atoms with Crippen molar-refractivity contribution in [2.75, 3.05) is 39.5 Å². The van der Waals surface area contributed by atoms with Gasteiger partial charge in [-0.2, -0.15) is 0 Å². The van der Waals surface area contributed by atoms with Crippen molar-refractivity contribution in [2.24, 2.45) is 0 Å². The van der Waals surface area contributed by atoms with Crippen LogP contribution in [0.25, 0.3) is 0 Å². The molecule has 6 heteroatoms. The Balaban J connectivity index is 1.51. The lowest BCUT2D eigenvalue weighted by Gasteiger charge is -2.38. The molecular weight excluding hydrogens is 502 g/mol. The molecule has 3 heterocycles. The molecule has 0 aromatic rings. The molecule has 3 aliphatic rings. The van der Waals surface area contributed by atoms with Gasteiger partial charge in [-0.15, -0.1) is 0 Å². The predicted octanol–water partition coefficient (Wildman–Crippen LogP) is 8.40. The molecule has 0 aromatic heterocycles. The molecular formula is C34H65NO5. The monoisotopic (exact) mass is 567 g/mol. The Labute approximate surface area is 247 Å². The molecule has 0 aliphatic carbocycles. The van der Waals surface area contributed by atoms with Crippen LogP contribution in [0.2, 0.25) is 0 Å². The zero-order valence-electron chi connectivity index (χ0n) is 27.1. The second-order valence-corrected chi connectivity index (χ2v) is 13.3. The minimum Gasteiger partial charge on any atom is -0.376 e. The summed E-state index contributed by atoms with van der Waals surface area (Å²) in [7, 11) is 0. The zero-order valence-corrected chi connectivity index (χ0v) is 27.1. The van der Waals surface area contributed by atoms with Gasteiger partial charge in [-0.3, -0.25) is 0 Å². The molecule has 3 saturated heterocycles. The van der Waals surface area contributed by atoms with Crippen LogP contribution in [0.3, 0.4) is 0 Å². The topological polar surface area (TPSA) is 49.4 Å². The summed E-state index contributed by atoms with van der Waals surface area (Å²) in [4.78, 5) is 2.52. The van der Waals surface area contributed by atoms with E-state index in [2.05, 4.69) is 25.7 Å². The molecule has 0 amide bonds. The Morgan fingerprint density at radius 3 is 1.93 bits per heavy atom. The maximum atomic E-state index is 6.89. The summed E-state index contributed by atoms with van der Waals surface area (Å²) in [5.41, 5.74) is -0.514. The molecule has 3 fully saturated rings. The van der Waals surface area contributed by atoms with Crippen molar-refractivity contribution < 1.29 is 23.7 Å². The molecule has 0 aromatic carbocycles. The summed E-state index contributed by atoms with van der Waals surface area (Å²) < 4.78 is 33.1. The van der Waals surface area contributed by atoms with Crippen LogP contribution in [-0.2, 0) is 23.7 Å². The lowest BCUT2D eigenvalue weighted by molar-refractivity contribution is -0.281. The number of unbranched alkanes of at least 4 members (excludes halogenated alkanes) is 13. The summed E-state index contributed by atoms with van der Waals surface area (Å²) in [5, 5.41) is 0. The Morgan fingerprint density at radius 2 is 1.30 bits per heavy atom. The van der Waals surface area contributed by atoms with Gasteiger partial charge in [-0.05, 0) is 59.5 Å². The Bertz CT molecular complexity index is 669. The first-order chi connectivity index (χ1) is 19.4. The second-order valence-electron chi connectivity index (χ2n) is 13.3. The van der Waals surface area contributed by atoms with Crippen molar-refractivity contribution in [2.45, 2.75) is 180 Å². The van der Waals surface area contributed by atoms with E-state index >= 15 is 0 Å². The number of rotatable bonds is 23. The number of fused-ring (bicyclic) bond motifs is 1. The smallest absolute Gasteiger partial charge is 0.225 e. The highest BCUT2D eigenvalue weighted by molar-refractivity contribution is 5.12. The maximum Gasteiger partial charge on any atom is 0.225 e. The van der Waals surface area contributed by atoms with Crippen LogP contribution in [0.4, 0.5) is 0 Å². The van der Waals surface area contributed by atoms with Gasteiger partial charge in [-0.1, -0.05) is 104 Å². The fraction of sp³-hybridized carbons (Fsp3) is 1.00. The second kappa shape index (κ2) is 17.8. The first-order valence-electron chi connectivity index (χ1n) is 17.4. The van der Waals surface area contributed by atoms with Gasteiger partial charge in [0.05, 0.1) is 12.7 Å².